The molecule has 0 radical (unpaired) electrons. The van der Waals surface area contributed by atoms with Gasteiger partial charge in [-0.05, 0) is 0 Å². The van der Waals surface area contributed by atoms with Gasteiger partial charge < -0.3 is 20.4 Å². The van der Waals surface area contributed by atoms with Crippen molar-refractivity contribution < 1.29 is 30.0 Å². The zero-order valence-electron chi connectivity index (χ0n) is 3.61. The van der Waals surface area contributed by atoms with Crippen LogP contribution in [0, 0.1) is 0 Å². The van der Waals surface area contributed by atoms with Crippen molar-refractivity contribution in [3.8, 4) is 0 Å². The van der Waals surface area contributed by atoms with Gasteiger partial charge in [0, 0.05) is 0 Å². The molecular weight excluding hydrogens is 144 g/mol. The Morgan fingerprint density at radius 3 is 0.778 bits per heavy atom. The zero-order chi connectivity index (χ0) is 7.15. The first kappa shape index (κ1) is 15.7. The number of hydrogen-bond acceptors (Lipinski definition) is 2. The highest BCUT2D eigenvalue weighted by Crippen LogP contribution is 1.43. The topological polar surface area (TPSA) is 115 Å². The van der Waals surface area contributed by atoms with E-state index in [2.05, 4.69) is 0 Å². The van der Waals surface area contributed by atoms with Crippen LogP contribution in [0.15, 0.2) is 0 Å². The quantitative estimate of drug-likeness (QED) is 0.347. The van der Waals surface area contributed by atoms with Gasteiger partial charge in [-0.1, -0.05) is 0 Å². The Hall–Kier alpha value is -0.694. The predicted octanol–water partition coefficient (Wildman–Crippen LogP) is -0.471. The summed E-state index contributed by atoms with van der Waals surface area (Å²) in [6.45, 7) is 0. The minimum Gasteiger partial charge on any atom is -0.450 e. The average Bonchev–Trinajstić information content (AvgIpc) is 1.25. The summed E-state index contributed by atoms with van der Waals surface area (Å²) in [5.41, 5.74) is 0. The number of hydrogen-bond donors (Lipinski definition) is 4. The Morgan fingerprint density at radius 1 is 0.778 bits per heavy atom. The fourth-order valence-corrected chi connectivity index (χ4v) is 0. The lowest BCUT2D eigenvalue weighted by atomic mass is 11.5. The predicted molar refractivity (Wildman–Crippen MR) is 29.9 cm³/mol. The van der Waals surface area contributed by atoms with Gasteiger partial charge in [0.15, 0.2) is 0 Å². The van der Waals surface area contributed by atoms with Gasteiger partial charge in [0.2, 0.25) is 0 Å². The van der Waals surface area contributed by atoms with Gasteiger partial charge in [0.1, 0.15) is 0 Å². The van der Waals surface area contributed by atoms with Crippen LogP contribution in [0.25, 0.3) is 0 Å². The molecule has 0 saturated carbocycles. The van der Waals surface area contributed by atoms with Crippen LogP contribution < -0.4 is 0 Å². The molecule has 6 nitrogen and oxygen atoms in total. The highest BCUT2D eigenvalue weighted by atomic mass is 24.3. The minimum absolute atomic E-state index is 0. The first-order chi connectivity index (χ1) is 3.46. The molecule has 0 unspecified atom stereocenters. The molecule has 0 amide bonds. The van der Waals surface area contributed by atoms with Crippen LogP contribution in [0.5, 0.6) is 0 Å². The van der Waals surface area contributed by atoms with E-state index in [1.54, 1.807) is 0 Å². The zero-order valence-corrected chi connectivity index (χ0v) is 3.61. The molecule has 7 heteroatoms. The summed E-state index contributed by atoms with van der Waals surface area (Å²) in [7, 11) is 0. The van der Waals surface area contributed by atoms with Gasteiger partial charge in [-0.15, -0.1) is 0 Å². The van der Waals surface area contributed by atoms with Crippen LogP contribution in [0.4, 0.5) is 9.59 Å². The van der Waals surface area contributed by atoms with Crippen LogP contribution in [0.3, 0.4) is 0 Å². The van der Waals surface area contributed by atoms with E-state index in [1.165, 1.54) is 0 Å². The van der Waals surface area contributed by atoms with Crippen molar-refractivity contribution in [1.82, 2.24) is 0 Å². The van der Waals surface area contributed by atoms with E-state index in [4.69, 9.17) is 30.0 Å². The molecule has 9 heavy (non-hydrogen) atoms. The summed E-state index contributed by atoms with van der Waals surface area (Å²) in [4.78, 5) is 17.1. The Bertz CT molecular complexity index is 69.1. The van der Waals surface area contributed by atoms with Crippen LogP contribution >= 0.6 is 0 Å². The molecule has 0 aromatic carbocycles. The molecule has 0 aliphatic carbocycles. The molecule has 52 valence electrons. The number of carbonyl (C=O) groups is 2. The van der Waals surface area contributed by atoms with E-state index in [0.717, 1.165) is 0 Å². The van der Waals surface area contributed by atoms with Crippen molar-refractivity contribution in [3.05, 3.63) is 0 Å². The lowest BCUT2D eigenvalue weighted by Crippen LogP contribution is -1.81. The second-order valence-corrected chi connectivity index (χ2v) is 0.565. The SMILES string of the molecule is O=C(O)O.O=C(O)O.[MgH2]. The van der Waals surface area contributed by atoms with E-state index in [-0.39, 0.29) is 23.1 Å². The van der Waals surface area contributed by atoms with Gasteiger partial charge in [-0.25, -0.2) is 9.59 Å². The minimum atomic E-state index is -1.83. The van der Waals surface area contributed by atoms with Gasteiger partial charge >= 0.3 is 35.4 Å². The van der Waals surface area contributed by atoms with Crippen molar-refractivity contribution in [2.45, 2.75) is 0 Å². The Labute approximate surface area is 65.9 Å². The Kier molecular flexibility index (Phi) is 18.1. The Balaban J connectivity index is -0.0000000720. The average molecular weight is 150 g/mol. The summed E-state index contributed by atoms with van der Waals surface area (Å²) >= 11 is 0. The molecular formula is C2H6MgO6. The van der Waals surface area contributed by atoms with Crippen molar-refractivity contribution in [2.24, 2.45) is 0 Å². The molecule has 0 spiro atoms. The molecule has 0 rings (SSSR count). The maximum Gasteiger partial charge on any atom is 0.503 e. The lowest BCUT2D eigenvalue weighted by Gasteiger charge is -1.60. The van der Waals surface area contributed by atoms with Crippen molar-refractivity contribution >= 4 is 35.4 Å². The van der Waals surface area contributed by atoms with E-state index in [0.29, 0.717) is 0 Å². The highest BCUT2D eigenvalue weighted by molar-refractivity contribution is 5.75. The van der Waals surface area contributed by atoms with Crippen LogP contribution in [-0.4, -0.2) is 55.8 Å². The second kappa shape index (κ2) is 10.3. The summed E-state index contributed by atoms with van der Waals surface area (Å²) in [5.74, 6) is 0. The summed E-state index contributed by atoms with van der Waals surface area (Å²) in [5, 5.41) is 27.9. The number of carboxylic acid groups (broad SMARTS) is 4. The third-order valence-corrected chi connectivity index (χ3v) is 0. The fourth-order valence-electron chi connectivity index (χ4n) is 0. The van der Waals surface area contributed by atoms with Crippen molar-refractivity contribution in [1.29, 1.82) is 0 Å². The van der Waals surface area contributed by atoms with Crippen LogP contribution in [0.1, 0.15) is 0 Å². The van der Waals surface area contributed by atoms with E-state index in [9.17, 15) is 0 Å². The first-order valence-electron chi connectivity index (χ1n) is 1.30. The molecule has 0 aliphatic rings. The standard InChI is InChI=1S/2CH2O3.Mg.2H/c2*2-1(3)4;;;/h2*(H2,2,3,4);;;. The lowest BCUT2D eigenvalue weighted by molar-refractivity contribution is 0.135. The molecule has 0 aliphatic heterocycles. The summed E-state index contributed by atoms with van der Waals surface area (Å²) in [6, 6.07) is 0. The van der Waals surface area contributed by atoms with Crippen molar-refractivity contribution in [2.75, 3.05) is 0 Å². The third-order valence-electron chi connectivity index (χ3n) is 0. The fraction of sp³-hybridized carbons (Fsp3) is 0. The maximum absolute atomic E-state index is 8.56. The molecule has 0 fully saturated rings. The highest BCUT2D eigenvalue weighted by Gasteiger charge is 1.70. The Morgan fingerprint density at radius 2 is 0.778 bits per heavy atom. The molecule has 0 atom stereocenters. The van der Waals surface area contributed by atoms with Crippen LogP contribution in [-0.2, 0) is 0 Å². The molecule has 0 heterocycles. The molecule has 4 N–H and O–H groups in total. The number of rotatable bonds is 0. The van der Waals surface area contributed by atoms with Gasteiger partial charge in [-0.3, -0.25) is 0 Å². The van der Waals surface area contributed by atoms with Gasteiger partial charge in [-0.2, -0.15) is 0 Å². The molecule has 0 aromatic heterocycles. The molecule has 0 saturated heterocycles. The summed E-state index contributed by atoms with van der Waals surface area (Å²) in [6.07, 6.45) is -3.67. The van der Waals surface area contributed by atoms with Crippen LogP contribution in [0.2, 0.25) is 0 Å². The van der Waals surface area contributed by atoms with Gasteiger partial charge in [0.25, 0.3) is 0 Å². The monoisotopic (exact) mass is 150 g/mol. The maximum atomic E-state index is 8.56. The first-order valence-corrected chi connectivity index (χ1v) is 1.30. The van der Waals surface area contributed by atoms with Gasteiger partial charge in [0.05, 0.1) is 0 Å². The normalized spacial score (nSPS) is 5.33. The van der Waals surface area contributed by atoms with E-state index in [1.807, 2.05) is 0 Å². The smallest absolute Gasteiger partial charge is 0.450 e. The summed E-state index contributed by atoms with van der Waals surface area (Å²) < 4.78 is 0. The third kappa shape index (κ3) is 427. The molecule has 0 bridgehead atoms. The second-order valence-electron chi connectivity index (χ2n) is 0.565. The van der Waals surface area contributed by atoms with E-state index >= 15 is 0 Å². The molecule has 0 aromatic rings. The van der Waals surface area contributed by atoms with Crippen molar-refractivity contribution in [3.63, 3.8) is 0 Å². The van der Waals surface area contributed by atoms with E-state index < -0.39 is 12.3 Å². The largest absolute Gasteiger partial charge is 0.503 e.